The highest BCUT2D eigenvalue weighted by atomic mass is 32.1. The van der Waals surface area contributed by atoms with Gasteiger partial charge >= 0.3 is 11.9 Å². The molecule has 156 valence electrons. The van der Waals surface area contributed by atoms with Crippen molar-refractivity contribution in [2.24, 2.45) is 5.92 Å². The van der Waals surface area contributed by atoms with Crippen LogP contribution >= 0.6 is 11.3 Å². The maximum absolute atomic E-state index is 12.6. The molecule has 1 unspecified atom stereocenters. The number of rotatable bonds is 8. The number of carbonyl (C=O) groups excluding carboxylic acids is 3. The topological polar surface area (TPSA) is 86.1 Å². The Balaban J connectivity index is 2.02. The Labute approximate surface area is 170 Å². The minimum absolute atomic E-state index is 0.152. The van der Waals surface area contributed by atoms with Gasteiger partial charge in [-0.1, -0.05) is 13.8 Å². The molecule has 2 rings (SSSR count). The third-order valence-electron chi connectivity index (χ3n) is 4.72. The number of anilines is 1. The Bertz CT molecular complexity index is 701. The van der Waals surface area contributed by atoms with Gasteiger partial charge in [0, 0.05) is 4.88 Å². The van der Waals surface area contributed by atoms with Gasteiger partial charge in [0.25, 0.3) is 5.91 Å². The summed E-state index contributed by atoms with van der Waals surface area (Å²) < 4.78 is 10.2. The van der Waals surface area contributed by atoms with E-state index in [0.29, 0.717) is 23.7 Å². The Kier molecular flexibility index (Phi) is 8.44. The monoisotopic (exact) mass is 411 g/mol. The maximum Gasteiger partial charge on any atom is 0.341 e. The Hall–Kier alpha value is -1.93. The highest BCUT2D eigenvalue weighted by molar-refractivity contribution is 7.16. The molecule has 1 amide bonds. The predicted octanol–water partition coefficient (Wildman–Crippen LogP) is 1.84. The number of likely N-dealkylation sites (tertiary alicyclic amines) is 1. The average Bonchev–Trinajstić information content (AvgIpc) is 3.06. The van der Waals surface area contributed by atoms with Crippen LogP contribution in [-0.4, -0.2) is 50.7 Å². The van der Waals surface area contributed by atoms with Gasteiger partial charge in [0.05, 0.1) is 31.9 Å². The van der Waals surface area contributed by atoms with E-state index in [0.717, 1.165) is 29.2 Å². The first-order valence-corrected chi connectivity index (χ1v) is 10.8. The van der Waals surface area contributed by atoms with Crippen molar-refractivity contribution in [1.82, 2.24) is 0 Å². The van der Waals surface area contributed by atoms with Crippen molar-refractivity contribution in [3.05, 3.63) is 16.5 Å². The molecule has 1 aliphatic heterocycles. The first-order chi connectivity index (χ1) is 13.3. The molecule has 2 heterocycles. The van der Waals surface area contributed by atoms with Gasteiger partial charge in [-0.3, -0.25) is 9.59 Å². The van der Waals surface area contributed by atoms with Crippen LogP contribution in [0.5, 0.6) is 0 Å². The Morgan fingerprint density at radius 2 is 1.96 bits per heavy atom. The van der Waals surface area contributed by atoms with Crippen molar-refractivity contribution in [2.45, 2.75) is 46.5 Å². The quantitative estimate of drug-likeness (QED) is 0.638. The highest BCUT2D eigenvalue weighted by Gasteiger charge is 2.31. The summed E-state index contributed by atoms with van der Waals surface area (Å²) in [6, 6.07) is 1.80. The van der Waals surface area contributed by atoms with Crippen LogP contribution in [0.2, 0.25) is 0 Å². The van der Waals surface area contributed by atoms with Crippen molar-refractivity contribution in [3.63, 3.8) is 0 Å². The van der Waals surface area contributed by atoms with E-state index in [4.69, 9.17) is 9.47 Å². The summed E-state index contributed by atoms with van der Waals surface area (Å²) in [6.07, 6.45) is 1.69. The highest BCUT2D eigenvalue weighted by Crippen LogP contribution is 2.33. The van der Waals surface area contributed by atoms with E-state index in [1.807, 2.05) is 13.8 Å². The number of piperidine rings is 1. The van der Waals surface area contributed by atoms with E-state index in [2.05, 4.69) is 5.32 Å². The van der Waals surface area contributed by atoms with Gasteiger partial charge in [0.2, 0.25) is 0 Å². The number of ether oxygens (including phenoxy) is 2. The molecule has 2 N–H and O–H groups in total. The summed E-state index contributed by atoms with van der Waals surface area (Å²) >= 11 is 1.41. The molecule has 0 radical (unpaired) electrons. The zero-order valence-corrected chi connectivity index (χ0v) is 17.9. The molecule has 1 aromatic heterocycles. The van der Waals surface area contributed by atoms with E-state index in [1.165, 1.54) is 11.3 Å². The first-order valence-electron chi connectivity index (χ1n) is 9.96. The molecule has 1 saturated heterocycles. The third-order valence-corrected chi connectivity index (χ3v) is 6.07. The van der Waals surface area contributed by atoms with Gasteiger partial charge in [-0.15, -0.1) is 11.3 Å². The van der Waals surface area contributed by atoms with E-state index in [9.17, 15) is 14.4 Å². The van der Waals surface area contributed by atoms with Gasteiger partial charge < -0.3 is 19.7 Å². The minimum Gasteiger partial charge on any atom is -0.466 e. The van der Waals surface area contributed by atoms with Gasteiger partial charge in [-0.25, -0.2) is 4.79 Å². The van der Waals surface area contributed by atoms with Crippen molar-refractivity contribution >= 4 is 34.2 Å². The molecule has 0 bridgehead atoms. The first kappa shape index (κ1) is 22.4. The number of hydrogen-bond donors (Lipinski definition) is 2. The zero-order chi connectivity index (χ0) is 20.7. The summed E-state index contributed by atoms with van der Waals surface area (Å²) in [5.74, 6) is -0.664. The molecule has 1 aromatic rings. The van der Waals surface area contributed by atoms with Crippen molar-refractivity contribution in [2.75, 3.05) is 38.2 Å². The molecule has 2 atom stereocenters. The standard InChI is InChI=1S/C20H30N2O5S/c1-5-26-19(24)14-8-7-9-22(11-14)12-17(23)21-18-15(20(25)27-6-2)10-16(28-18)13(3)4/h10,13-14H,5-9,11-12H2,1-4H3,(H,21,23)/p+1/t14-/m1/s1. The lowest BCUT2D eigenvalue weighted by Gasteiger charge is -2.28. The van der Waals surface area contributed by atoms with E-state index >= 15 is 0 Å². The number of nitrogens with one attached hydrogen (secondary N) is 2. The summed E-state index contributed by atoms with van der Waals surface area (Å²) in [4.78, 5) is 38.9. The van der Waals surface area contributed by atoms with Crippen molar-refractivity contribution in [1.29, 1.82) is 0 Å². The van der Waals surface area contributed by atoms with Crippen LogP contribution in [0.4, 0.5) is 5.00 Å². The molecule has 0 saturated carbocycles. The van der Waals surface area contributed by atoms with Crippen LogP contribution in [0.1, 0.15) is 61.7 Å². The third kappa shape index (κ3) is 6.04. The van der Waals surface area contributed by atoms with Crippen LogP contribution < -0.4 is 10.2 Å². The molecular weight excluding hydrogens is 380 g/mol. The van der Waals surface area contributed by atoms with Crippen LogP contribution in [0, 0.1) is 5.92 Å². The molecule has 28 heavy (non-hydrogen) atoms. The van der Waals surface area contributed by atoms with E-state index in [-0.39, 0.29) is 36.9 Å². The molecule has 7 nitrogen and oxygen atoms in total. The van der Waals surface area contributed by atoms with Crippen LogP contribution in [0.3, 0.4) is 0 Å². The van der Waals surface area contributed by atoms with E-state index < -0.39 is 5.97 Å². The molecule has 0 spiro atoms. The zero-order valence-electron chi connectivity index (χ0n) is 17.1. The summed E-state index contributed by atoms with van der Waals surface area (Å²) in [6.45, 7) is 9.99. The lowest BCUT2D eigenvalue weighted by molar-refractivity contribution is -0.899. The maximum atomic E-state index is 12.6. The number of amides is 1. The van der Waals surface area contributed by atoms with Crippen LogP contribution in [0.25, 0.3) is 0 Å². The normalized spacial score (nSPS) is 19.3. The number of carbonyl (C=O) groups is 3. The predicted molar refractivity (Wildman–Crippen MR) is 108 cm³/mol. The van der Waals surface area contributed by atoms with Crippen molar-refractivity contribution < 1.29 is 28.8 Å². The lowest BCUT2D eigenvalue weighted by atomic mass is 9.98. The number of thiophene rings is 1. The van der Waals surface area contributed by atoms with Gasteiger partial charge in [-0.05, 0) is 38.7 Å². The van der Waals surface area contributed by atoms with Crippen LogP contribution in [0.15, 0.2) is 6.07 Å². The average molecular weight is 412 g/mol. The molecule has 8 heteroatoms. The van der Waals surface area contributed by atoms with Crippen LogP contribution in [-0.2, 0) is 19.1 Å². The molecular formula is C20H31N2O5S+. The molecule has 1 aliphatic rings. The molecule has 1 fully saturated rings. The van der Waals surface area contributed by atoms with Gasteiger partial charge in [0.1, 0.15) is 10.9 Å². The molecule has 0 aliphatic carbocycles. The fraction of sp³-hybridized carbons (Fsp3) is 0.650. The summed E-state index contributed by atoms with van der Waals surface area (Å²) in [5.41, 5.74) is 0.405. The lowest BCUT2D eigenvalue weighted by Crippen LogP contribution is -3.14. The van der Waals surface area contributed by atoms with Crippen molar-refractivity contribution in [3.8, 4) is 0 Å². The Morgan fingerprint density at radius 1 is 1.25 bits per heavy atom. The van der Waals surface area contributed by atoms with E-state index in [1.54, 1.807) is 19.9 Å². The van der Waals surface area contributed by atoms with Gasteiger partial charge in [-0.2, -0.15) is 0 Å². The SMILES string of the molecule is CCOC(=O)c1cc(C(C)C)sc1NC(=O)C[NH+]1CCC[C@@H](C(=O)OCC)C1. The second-order valence-electron chi connectivity index (χ2n) is 7.29. The minimum atomic E-state index is -0.423. The second-order valence-corrected chi connectivity index (χ2v) is 8.37. The summed E-state index contributed by atoms with van der Waals surface area (Å²) in [7, 11) is 0. The Morgan fingerprint density at radius 3 is 2.61 bits per heavy atom. The number of hydrogen-bond acceptors (Lipinski definition) is 6. The largest absolute Gasteiger partial charge is 0.466 e. The number of esters is 2. The fourth-order valence-corrected chi connectivity index (χ4v) is 4.38. The molecule has 0 aromatic carbocycles. The second kappa shape index (κ2) is 10.6. The fourth-order valence-electron chi connectivity index (χ4n) is 3.32. The number of quaternary nitrogens is 1. The summed E-state index contributed by atoms with van der Waals surface area (Å²) in [5, 5.41) is 3.42. The smallest absolute Gasteiger partial charge is 0.341 e. The van der Waals surface area contributed by atoms with Gasteiger partial charge in [0.15, 0.2) is 6.54 Å².